The molecule has 3 aliphatic heterocycles. The number of nitrogens with zero attached hydrogens (tertiary/aromatic N) is 3. The molecule has 26 heavy (non-hydrogen) atoms. The first-order valence-corrected chi connectivity index (χ1v) is 9.81. The highest BCUT2D eigenvalue weighted by molar-refractivity contribution is 6.69. The summed E-state index contributed by atoms with van der Waals surface area (Å²) in [5.41, 5.74) is -0.321. The van der Waals surface area contributed by atoms with Gasteiger partial charge < -0.3 is 9.64 Å². The number of carbonyl (C=O) groups is 1. The monoisotopic (exact) mass is 377 g/mol. The van der Waals surface area contributed by atoms with Gasteiger partial charge in [-0.15, -0.1) is 0 Å². The summed E-state index contributed by atoms with van der Waals surface area (Å²) in [6, 6.07) is 2.76. The zero-order valence-electron chi connectivity index (χ0n) is 16.3. The van der Waals surface area contributed by atoms with Gasteiger partial charge >= 0.3 is 6.09 Å². The molecular weight excluding hydrogens is 350 g/mol. The van der Waals surface area contributed by atoms with Gasteiger partial charge in [0.25, 0.3) is 0 Å². The van der Waals surface area contributed by atoms with Crippen LogP contribution in [-0.2, 0) is 4.74 Å². The first kappa shape index (κ1) is 19.2. The molecule has 0 N–H and O–H groups in total. The summed E-state index contributed by atoms with van der Waals surface area (Å²) in [5.74, 6) is 1.35. The second-order valence-corrected chi connectivity index (χ2v) is 9.31. The predicted octanol–water partition coefficient (Wildman–Crippen LogP) is 4.38. The molecule has 0 aromatic heterocycles. The second-order valence-electron chi connectivity index (χ2n) is 8.95. The van der Waals surface area contributed by atoms with Crippen molar-refractivity contribution in [1.29, 1.82) is 5.26 Å². The number of rotatable bonds is 1. The molecule has 0 aromatic rings. The van der Waals surface area contributed by atoms with Gasteiger partial charge in [-0.05, 0) is 51.4 Å². The Hall–Kier alpha value is -1.54. The summed E-state index contributed by atoms with van der Waals surface area (Å²) >= 11 is 6.55. The Bertz CT molecular complexity index is 683. The molecule has 2 unspecified atom stereocenters. The molecule has 142 valence electrons. The van der Waals surface area contributed by atoms with Crippen LogP contribution in [-0.4, -0.2) is 40.9 Å². The van der Waals surface area contributed by atoms with E-state index in [0.29, 0.717) is 48.9 Å². The Labute approximate surface area is 161 Å². The number of likely N-dealkylation sites (tertiary alicyclic amines) is 1. The third-order valence-electron chi connectivity index (χ3n) is 6.13. The average Bonchev–Trinajstić information content (AvgIpc) is 2.80. The van der Waals surface area contributed by atoms with Gasteiger partial charge in [0.15, 0.2) is 0 Å². The molecule has 3 heterocycles. The predicted molar refractivity (Wildman–Crippen MR) is 102 cm³/mol. The van der Waals surface area contributed by atoms with Crippen LogP contribution in [0.4, 0.5) is 4.79 Å². The van der Waals surface area contributed by atoms with Crippen molar-refractivity contribution >= 4 is 22.9 Å². The van der Waals surface area contributed by atoms with Crippen LogP contribution in [0, 0.1) is 34.5 Å². The minimum Gasteiger partial charge on any atom is -0.444 e. The van der Waals surface area contributed by atoms with Gasteiger partial charge in [-0.3, -0.25) is 4.99 Å². The standard InChI is InChI=1S/C20H28ClN3O2/c1-12-14-10-15(17(21)23-16(12)13(14)2)20(11-22)6-8-24(9-7-20)18(25)26-19(3,4)5/h10,12-14,16H,6-9H2,1-5H3. The summed E-state index contributed by atoms with van der Waals surface area (Å²) in [6.45, 7) is 11.0. The van der Waals surface area contributed by atoms with E-state index in [1.165, 1.54) is 0 Å². The van der Waals surface area contributed by atoms with E-state index in [0.717, 1.165) is 5.57 Å². The van der Waals surface area contributed by atoms with Crippen LogP contribution < -0.4 is 0 Å². The largest absolute Gasteiger partial charge is 0.444 e. The summed E-state index contributed by atoms with van der Waals surface area (Å²) in [5, 5.41) is 10.5. The number of amides is 1. The van der Waals surface area contributed by atoms with Gasteiger partial charge in [-0.2, -0.15) is 5.26 Å². The first-order valence-electron chi connectivity index (χ1n) is 9.43. The number of carbonyl (C=O) groups excluding carboxylic acids is 1. The van der Waals surface area contributed by atoms with Gasteiger partial charge in [-0.25, -0.2) is 4.79 Å². The highest BCUT2D eigenvalue weighted by Crippen LogP contribution is 2.50. The molecule has 4 rings (SSSR count). The first-order chi connectivity index (χ1) is 12.1. The summed E-state index contributed by atoms with van der Waals surface area (Å²) < 4.78 is 5.46. The minimum absolute atomic E-state index is 0.249. The number of aliphatic imine (C=N–C) groups is 1. The number of piperidine rings is 1. The average molecular weight is 378 g/mol. The summed E-state index contributed by atoms with van der Waals surface area (Å²) in [4.78, 5) is 18.7. The van der Waals surface area contributed by atoms with Crippen molar-refractivity contribution < 1.29 is 9.53 Å². The van der Waals surface area contributed by atoms with Gasteiger partial charge in [0.2, 0.25) is 0 Å². The Morgan fingerprint density at radius 2 is 1.92 bits per heavy atom. The molecule has 1 saturated heterocycles. The highest BCUT2D eigenvalue weighted by atomic mass is 35.5. The van der Waals surface area contributed by atoms with Crippen molar-refractivity contribution in [3.05, 3.63) is 11.6 Å². The maximum atomic E-state index is 12.3. The van der Waals surface area contributed by atoms with E-state index in [-0.39, 0.29) is 12.1 Å². The van der Waals surface area contributed by atoms with E-state index in [1.54, 1.807) is 4.90 Å². The molecule has 0 spiro atoms. The molecule has 4 aliphatic rings. The topological polar surface area (TPSA) is 65.7 Å². The SMILES string of the molecule is CC1C2C=C(C3(C#N)CCN(C(=O)OC(C)(C)C)CC3)C(Cl)=NC1C2C. The third kappa shape index (κ3) is 3.24. The van der Waals surface area contributed by atoms with Crippen LogP contribution in [0.1, 0.15) is 47.5 Å². The Morgan fingerprint density at radius 1 is 1.35 bits per heavy atom. The van der Waals surface area contributed by atoms with Crippen LogP contribution >= 0.6 is 11.6 Å². The van der Waals surface area contributed by atoms with Crippen molar-refractivity contribution in [3.8, 4) is 6.07 Å². The van der Waals surface area contributed by atoms with Crippen LogP contribution in [0.15, 0.2) is 16.6 Å². The number of halogens is 1. The normalized spacial score (nSPS) is 33.2. The Morgan fingerprint density at radius 3 is 2.42 bits per heavy atom. The maximum Gasteiger partial charge on any atom is 0.410 e. The number of fused-ring (bicyclic) bond motifs is 1. The van der Waals surface area contributed by atoms with Gasteiger partial charge in [0, 0.05) is 18.7 Å². The van der Waals surface area contributed by atoms with E-state index in [1.807, 2.05) is 20.8 Å². The van der Waals surface area contributed by atoms with Crippen molar-refractivity contribution in [2.45, 2.75) is 59.1 Å². The van der Waals surface area contributed by atoms with Crippen molar-refractivity contribution in [1.82, 2.24) is 4.90 Å². The van der Waals surface area contributed by atoms with E-state index < -0.39 is 11.0 Å². The Balaban J connectivity index is 1.78. The number of allylic oxidation sites excluding steroid dienone is 2. The molecule has 1 aliphatic carbocycles. The molecule has 1 saturated carbocycles. The van der Waals surface area contributed by atoms with E-state index in [2.05, 4.69) is 26.0 Å². The zero-order valence-corrected chi connectivity index (χ0v) is 17.0. The van der Waals surface area contributed by atoms with Crippen LogP contribution in [0.5, 0.6) is 0 Å². The molecule has 6 heteroatoms. The number of hydrogen-bond donors (Lipinski definition) is 0. The molecule has 2 fully saturated rings. The van der Waals surface area contributed by atoms with Crippen molar-refractivity contribution in [2.75, 3.05) is 13.1 Å². The fourth-order valence-electron chi connectivity index (χ4n) is 4.46. The Kier molecular flexibility index (Phi) is 4.85. The van der Waals surface area contributed by atoms with E-state index in [9.17, 15) is 10.1 Å². The fourth-order valence-corrected chi connectivity index (χ4v) is 4.82. The quantitative estimate of drug-likeness (QED) is 0.681. The highest BCUT2D eigenvalue weighted by Gasteiger charge is 2.50. The number of ether oxygens (including phenoxy) is 1. The van der Waals surface area contributed by atoms with Gasteiger partial charge in [0.1, 0.15) is 10.8 Å². The molecule has 2 atom stereocenters. The van der Waals surface area contributed by atoms with Crippen LogP contribution in [0.3, 0.4) is 0 Å². The lowest BCUT2D eigenvalue weighted by Crippen LogP contribution is -2.46. The number of nitriles is 1. The van der Waals surface area contributed by atoms with Crippen LogP contribution in [0.2, 0.25) is 0 Å². The molecule has 2 bridgehead atoms. The lowest BCUT2D eigenvalue weighted by Gasteiger charge is -2.45. The smallest absolute Gasteiger partial charge is 0.410 e. The second kappa shape index (κ2) is 6.56. The van der Waals surface area contributed by atoms with Crippen LogP contribution in [0.25, 0.3) is 0 Å². The van der Waals surface area contributed by atoms with E-state index in [4.69, 9.17) is 21.3 Å². The lowest BCUT2D eigenvalue weighted by molar-refractivity contribution is 0.0170. The molecule has 5 nitrogen and oxygen atoms in total. The third-order valence-corrected chi connectivity index (χ3v) is 6.43. The van der Waals surface area contributed by atoms with E-state index >= 15 is 0 Å². The summed E-state index contributed by atoms with van der Waals surface area (Å²) in [6.07, 6.45) is 2.99. The molecule has 0 radical (unpaired) electrons. The fraction of sp³-hybridized carbons (Fsp3) is 0.750. The zero-order chi connectivity index (χ0) is 19.3. The molecule has 1 amide bonds. The summed E-state index contributed by atoms with van der Waals surface area (Å²) in [7, 11) is 0. The van der Waals surface area contributed by atoms with Crippen molar-refractivity contribution in [2.24, 2.45) is 28.2 Å². The molecular formula is C20H28ClN3O2. The minimum atomic E-state index is -0.671. The lowest BCUT2D eigenvalue weighted by atomic mass is 9.61. The number of hydrogen-bond acceptors (Lipinski definition) is 4. The van der Waals surface area contributed by atoms with Gasteiger partial charge in [0.05, 0.1) is 17.5 Å². The maximum absolute atomic E-state index is 12.3. The molecule has 0 aromatic carbocycles. The van der Waals surface area contributed by atoms with Gasteiger partial charge in [-0.1, -0.05) is 31.5 Å². The van der Waals surface area contributed by atoms with Crippen molar-refractivity contribution in [3.63, 3.8) is 0 Å².